The molecule has 0 spiro atoms. The standard InChI is InChI=1S/C24H21N3O2S/c1-29-20-12-11-19(17-8-3-2-4-9-17)22-21(20)25-23(30-22)26-24(28)27-14-13-16-7-5-6-10-18(16)15-27/h2-12H,13-15H2,1H3,(H,25,26,28). The molecular weight excluding hydrogens is 394 g/mol. The summed E-state index contributed by atoms with van der Waals surface area (Å²) in [5.41, 5.74) is 5.48. The van der Waals surface area contributed by atoms with Gasteiger partial charge >= 0.3 is 6.03 Å². The van der Waals surface area contributed by atoms with Crippen LogP contribution in [-0.2, 0) is 13.0 Å². The number of fused-ring (bicyclic) bond motifs is 2. The summed E-state index contributed by atoms with van der Waals surface area (Å²) in [7, 11) is 1.64. The van der Waals surface area contributed by atoms with Crippen LogP contribution < -0.4 is 10.1 Å². The number of methoxy groups -OCH3 is 1. The van der Waals surface area contributed by atoms with Crippen LogP contribution in [0.4, 0.5) is 9.93 Å². The zero-order valence-electron chi connectivity index (χ0n) is 16.6. The van der Waals surface area contributed by atoms with Crippen molar-refractivity contribution in [3.05, 3.63) is 77.9 Å². The van der Waals surface area contributed by atoms with Crippen LogP contribution >= 0.6 is 11.3 Å². The van der Waals surface area contributed by atoms with Crippen molar-refractivity contribution in [1.82, 2.24) is 9.88 Å². The van der Waals surface area contributed by atoms with Crippen LogP contribution in [0.5, 0.6) is 5.75 Å². The molecule has 0 saturated carbocycles. The number of carbonyl (C=O) groups is 1. The predicted molar refractivity (Wildman–Crippen MR) is 121 cm³/mol. The van der Waals surface area contributed by atoms with Crippen molar-refractivity contribution in [2.24, 2.45) is 0 Å². The molecule has 0 saturated heterocycles. The number of benzene rings is 3. The molecule has 0 fully saturated rings. The Kier molecular flexibility index (Phi) is 4.85. The molecule has 0 atom stereocenters. The molecule has 5 rings (SSSR count). The van der Waals surface area contributed by atoms with E-state index in [4.69, 9.17) is 4.74 Å². The summed E-state index contributed by atoms with van der Waals surface area (Å²) in [5, 5.41) is 3.58. The van der Waals surface area contributed by atoms with Crippen molar-refractivity contribution >= 4 is 32.7 Å². The molecule has 1 aliphatic rings. The normalized spacial score (nSPS) is 13.2. The average Bonchev–Trinajstić information content (AvgIpc) is 3.22. The molecule has 1 aliphatic heterocycles. The van der Waals surface area contributed by atoms with E-state index in [1.165, 1.54) is 22.5 Å². The molecule has 2 amide bonds. The molecule has 30 heavy (non-hydrogen) atoms. The van der Waals surface area contributed by atoms with E-state index in [9.17, 15) is 4.79 Å². The molecule has 6 heteroatoms. The number of hydrogen-bond donors (Lipinski definition) is 1. The first-order valence-corrected chi connectivity index (χ1v) is 10.7. The SMILES string of the molecule is COc1ccc(-c2ccccc2)c2sc(NC(=O)N3CCc4ccccc4C3)nc12. The summed E-state index contributed by atoms with van der Waals surface area (Å²) in [4.78, 5) is 19.4. The monoisotopic (exact) mass is 415 g/mol. The maximum atomic E-state index is 12.9. The van der Waals surface area contributed by atoms with Crippen molar-refractivity contribution in [1.29, 1.82) is 0 Å². The van der Waals surface area contributed by atoms with Crippen LogP contribution in [0.3, 0.4) is 0 Å². The zero-order chi connectivity index (χ0) is 20.5. The van der Waals surface area contributed by atoms with E-state index in [1.54, 1.807) is 7.11 Å². The summed E-state index contributed by atoms with van der Waals surface area (Å²) in [6.07, 6.45) is 0.870. The minimum atomic E-state index is -0.121. The Bertz CT molecular complexity index is 1220. The second-order valence-electron chi connectivity index (χ2n) is 7.25. The minimum absolute atomic E-state index is 0.121. The summed E-state index contributed by atoms with van der Waals surface area (Å²) in [6.45, 7) is 1.32. The van der Waals surface area contributed by atoms with Gasteiger partial charge in [0.25, 0.3) is 0 Å². The Hall–Kier alpha value is -3.38. The number of nitrogens with one attached hydrogen (secondary N) is 1. The highest BCUT2D eigenvalue weighted by atomic mass is 32.1. The largest absolute Gasteiger partial charge is 0.494 e. The molecule has 0 unspecified atom stereocenters. The van der Waals surface area contributed by atoms with Crippen molar-refractivity contribution in [2.75, 3.05) is 19.0 Å². The number of amides is 2. The maximum absolute atomic E-state index is 12.9. The van der Waals surface area contributed by atoms with Gasteiger partial charge in [0.05, 0.1) is 11.8 Å². The molecule has 0 bridgehead atoms. The van der Waals surface area contributed by atoms with Gasteiger partial charge in [0, 0.05) is 18.7 Å². The fraction of sp³-hybridized carbons (Fsp3) is 0.167. The van der Waals surface area contributed by atoms with Crippen LogP contribution in [0, 0.1) is 0 Å². The molecule has 1 aromatic heterocycles. The first-order chi connectivity index (χ1) is 14.7. The smallest absolute Gasteiger partial charge is 0.323 e. The Morgan fingerprint density at radius 2 is 1.80 bits per heavy atom. The van der Waals surface area contributed by atoms with E-state index in [1.807, 2.05) is 47.4 Å². The molecule has 2 heterocycles. The molecule has 5 nitrogen and oxygen atoms in total. The number of carbonyl (C=O) groups excluding carboxylic acids is 1. The highest BCUT2D eigenvalue weighted by Crippen LogP contribution is 2.39. The first kappa shape index (κ1) is 18.6. The van der Waals surface area contributed by atoms with Gasteiger partial charge in [-0.3, -0.25) is 5.32 Å². The molecule has 0 aliphatic carbocycles. The van der Waals surface area contributed by atoms with Crippen LogP contribution in [-0.4, -0.2) is 29.6 Å². The third-order valence-corrected chi connectivity index (χ3v) is 6.45. The molecule has 150 valence electrons. The number of aromatic nitrogens is 1. The Morgan fingerprint density at radius 3 is 2.60 bits per heavy atom. The number of anilines is 1. The van der Waals surface area contributed by atoms with E-state index in [0.717, 1.165) is 27.8 Å². The van der Waals surface area contributed by atoms with E-state index >= 15 is 0 Å². The van der Waals surface area contributed by atoms with E-state index in [0.29, 0.717) is 24.0 Å². The van der Waals surface area contributed by atoms with Crippen molar-refractivity contribution in [3.63, 3.8) is 0 Å². The lowest BCUT2D eigenvalue weighted by Gasteiger charge is -2.28. The van der Waals surface area contributed by atoms with Gasteiger partial charge < -0.3 is 9.64 Å². The fourth-order valence-corrected chi connectivity index (χ4v) is 4.89. The molecule has 4 aromatic rings. The van der Waals surface area contributed by atoms with Crippen molar-refractivity contribution in [2.45, 2.75) is 13.0 Å². The fourth-order valence-electron chi connectivity index (χ4n) is 3.89. The molecule has 1 N–H and O–H groups in total. The van der Waals surface area contributed by atoms with Gasteiger partial charge in [-0.15, -0.1) is 0 Å². The quantitative estimate of drug-likeness (QED) is 0.476. The van der Waals surface area contributed by atoms with Gasteiger partial charge in [0.2, 0.25) is 0 Å². The van der Waals surface area contributed by atoms with Gasteiger partial charge in [-0.1, -0.05) is 65.9 Å². The van der Waals surface area contributed by atoms with Gasteiger partial charge in [0.15, 0.2) is 5.13 Å². The topological polar surface area (TPSA) is 54.5 Å². The highest BCUT2D eigenvalue weighted by molar-refractivity contribution is 7.23. The van der Waals surface area contributed by atoms with E-state index < -0.39 is 0 Å². The van der Waals surface area contributed by atoms with Crippen LogP contribution in [0.25, 0.3) is 21.3 Å². The molecule has 3 aromatic carbocycles. The maximum Gasteiger partial charge on any atom is 0.323 e. The van der Waals surface area contributed by atoms with Gasteiger partial charge in [-0.2, -0.15) is 0 Å². The second kappa shape index (κ2) is 7.80. The zero-order valence-corrected chi connectivity index (χ0v) is 17.4. The van der Waals surface area contributed by atoms with Crippen LogP contribution in [0.1, 0.15) is 11.1 Å². The lowest BCUT2D eigenvalue weighted by molar-refractivity contribution is 0.206. The average molecular weight is 416 g/mol. The van der Waals surface area contributed by atoms with Gasteiger partial charge in [0.1, 0.15) is 11.3 Å². The van der Waals surface area contributed by atoms with E-state index in [-0.39, 0.29) is 6.03 Å². The lowest BCUT2D eigenvalue weighted by atomic mass is 10.0. The number of thiazole rings is 1. The highest BCUT2D eigenvalue weighted by Gasteiger charge is 2.22. The summed E-state index contributed by atoms with van der Waals surface area (Å²) in [5.74, 6) is 0.702. The minimum Gasteiger partial charge on any atom is -0.494 e. The summed E-state index contributed by atoms with van der Waals surface area (Å²) >= 11 is 1.48. The number of nitrogens with zero attached hydrogens (tertiary/aromatic N) is 2. The summed E-state index contributed by atoms with van der Waals surface area (Å²) in [6, 6.07) is 22.3. The Morgan fingerprint density at radius 1 is 1.03 bits per heavy atom. The number of hydrogen-bond acceptors (Lipinski definition) is 4. The molecular formula is C24H21N3O2S. The van der Waals surface area contributed by atoms with Gasteiger partial charge in [-0.05, 0) is 35.2 Å². The Balaban J connectivity index is 1.45. The predicted octanol–water partition coefficient (Wildman–Crippen LogP) is 5.56. The van der Waals surface area contributed by atoms with Gasteiger partial charge in [-0.25, -0.2) is 9.78 Å². The lowest BCUT2D eigenvalue weighted by Crippen LogP contribution is -2.38. The third-order valence-electron chi connectivity index (χ3n) is 5.44. The van der Waals surface area contributed by atoms with Crippen LogP contribution in [0.15, 0.2) is 66.7 Å². The third kappa shape index (κ3) is 3.39. The summed E-state index contributed by atoms with van der Waals surface area (Å²) < 4.78 is 6.51. The number of urea groups is 1. The van der Waals surface area contributed by atoms with Crippen LogP contribution in [0.2, 0.25) is 0 Å². The van der Waals surface area contributed by atoms with Crippen molar-refractivity contribution < 1.29 is 9.53 Å². The number of rotatable bonds is 3. The first-order valence-electron chi connectivity index (χ1n) is 9.88. The van der Waals surface area contributed by atoms with E-state index in [2.05, 4.69) is 34.6 Å². The molecule has 0 radical (unpaired) electrons. The Labute approximate surface area is 178 Å². The number of ether oxygens (including phenoxy) is 1. The second-order valence-corrected chi connectivity index (χ2v) is 8.25. The van der Waals surface area contributed by atoms with Crippen molar-refractivity contribution in [3.8, 4) is 16.9 Å².